The molecule has 0 bridgehead atoms. The smallest absolute Gasteiger partial charge is 0.253 e. The van der Waals surface area contributed by atoms with Gasteiger partial charge >= 0.3 is 0 Å². The minimum atomic E-state index is -0.148. The van der Waals surface area contributed by atoms with Gasteiger partial charge in [-0.1, -0.05) is 23.9 Å². The third-order valence-corrected chi connectivity index (χ3v) is 4.93. The Labute approximate surface area is 165 Å². The molecule has 1 aromatic carbocycles. The van der Waals surface area contributed by atoms with Crippen molar-refractivity contribution >= 4 is 29.1 Å². The van der Waals surface area contributed by atoms with Crippen molar-refractivity contribution in [3.8, 4) is 5.69 Å². The summed E-state index contributed by atoms with van der Waals surface area (Å²) in [5, 5.41) is 12.2. The van der Waals surface area contributed by atoms with Crippen molar-refractivity contribution in [1.82, 2.24) is 34.3 Å². The maximum atomic E-state index is 12.8. The number of nitrogens with zero attached hydrogens (tertiary/aromatic N) is 7. The van der Waals surface area contributed by atoms with Crippen molar-refractivity contribution in [3.05, 3.63) is 53.9 Å². The predicted molar refractivity (Wildman–Crippen MR) is 106 cm³/mol. The first kappa shape index (κ1) is 18.1. The van der Waals surface area contributed by atoms with E-state index >= 15 is 0 Å². The third kappa shape index (κ3) is 3.33. The van der Waals surface area contributed by atoms with Gasteiger partial charge in [-0.05, 0) is 32.2 Å². The fourth-order valence-corrected chi connectivity index (χ4v) is 3.34. The van der Waals surface area contributed by atoms with E-state index in [4.69, 9.17) is 0 Å². The zero-order chi connectivity index (χ0) is 19.7. The molecule has 10 heteroatoms. The second kappa shape index (κ2) is 7.39. The minimum Gasteiger partial charge on any atom is -0.324 e. The number of hydrogen-bond donors (Lipinski definition) is 1. The molecule has 3 heterocycles. The van der Waals surface area contributed by atoms with Gasteiger partial charge in [-0.25, -0.2) is 19.2 Å². The Balaban J connectivity index is 1.62. The number of aromatic nitrogens is 7. The number of anilines is 1. The highest BCUT2D eigenvalue weighted by Crippen LogP contribution is 2.21. The van der Waals surface area contributed by atoms with E-state index in [0.717, 1.165) is 22.6 Å². The Hall–Kier alpha value is -3.27. The zero-order valence-corrected chi connectivity index (χ0v) is 16.4. The number of carbonyl (C=O) groups excluding carboxylic acids is 1. The van der Waals surface area contributed by atoms with E-state index in [0.29, 0.717) is 16.6 Å². The fourth-order valence-electron chi connectivity index (χ4n) is 3.00. The van der Waals surface area contributed by atoms with E-state index < -0.39 is 0 Å². The van der Waals surface area contributed by atoms with Crippen LogP contribution in [0.5, 0.6) is 0 Å². The summed E-state index contributed by atoms with van der Waals surface area (Å²) in [4.78, 5) is 25.6. The van der Waals surface area contributed by atoms with Crippen LogP contribution in [-0.2, 0) is 11.2 Å². The summed E-state index contributed by atoms with van der Waals surface area (Å²) in [7, 11) is 0. The summed E-state index contributed by atoms with van der Waals surface area (Å²) in [5.74, 6) is 0.394. The molecule has 4 rings (SSSR count). The van der Waals surface area contributed by atoms with Crippen LogP contribution in [0.4, 0.5) is 5.69 Å². The molecular weight excluding hydrogens is 376 g/mol. The topological polar surface area (TPSA) is 103 Å². The SMILES string of the molecule is CSc1nc2nc(C)c(CC(=O)Nc3ccccc3-n3cncn3)c(C)n2n1. The molecule has 0 radical (unpaired) electrons. The quantitative estimate of drug-likeness (QED) is 0.518. The first-order valence-electron chi connectivity index (χ1n) is 8.57. The van der Waals surface area contributed by atoms with Crippen LogP contribution in [0.2, 0.25) is 0 Å². The van der Waals surface area contributed by atoms with Crippen molar-refractivity contribution in [1.29, 1.82) is 0 Å². The number of amides is 1. The van der Waals surface area contributed by atoms with E-state index in [1.165, 1.54) is 18.1 Å². The maximum Gasteiger partial charge on any atom is 0.253 e. The number of carbonyl (C=O) groups is 1. The Morgan fingerprint density at radius 2 is 2.04 bits per heavy atom. The molecule has 0 fully saturated rings. The van der Waals surface area contributed by atoms with Crippen LogP contribution in [0.3, 0.4) is 0 Å². The first-order chi connectivity index (χ1) is 13.6. The van der Waals surface area contributed by atoms with E-state index in [-0.39, 0.29) is 12.3 Å². The van der Waals surface area contributed by atoms with Crippen molar-refractivity contribution in [2.24, 2.45) is 0 Å². The molecule has 4 aromatic rings. The normalized spacial score (nSPS) is 11.1. The van der Waals surface area contributed by atoms with Crippen molar-refractivity contribution in [2.75, 3.05) is 11.6 Å². The zero-order valence-electron chi connectivity index (χ0n) is 15.6. The second-order valence-electron chi connectivity index (χ2n) is 6.15. The van der Waals surface area contributed by atoms with Crippen molar-refractivity contribution in [2.45, 2.75) is 25.4 Å². The highest BCUT2D eigenvalue weighted by atomic mass is 32.2. The largest absolute Gasteiger partial charge is 0.324 e. The van der Waals surface area contributed by atoms with Crippen molar-refractivity contribution in [3.63, 3.8) is 0 Å². The number of aryl methyl sites for hydroxylation is 2. The summed E-state index contributed by atoms with van der Waals surface area (Å²) >= 11 is 1.46. The molecule has 0 unspecified atom stereocenters. The van der Waals surface area contributed by atoms with Gasteiger partial charge in [-0.2, -0.15) is 10.1 Å². The van der Waals surface area contributed by atoms with E-state index in [9.17, 15) is 4.79 Å². The van der Waals surface area contributed by atoms with Crippen LogP contribution in [0.25, 0.3) is 11.5 Å². The lowest BCUT2D eigenvalue weighted by molar-refractivity contribution is -0.115. The van der Waals surface area contributed by atoms with E-state index in [1.54, 1.807) is 15.5 Å². The molecule has 1 amide bonds. The highest BCUT2D eigenvalue weighted by molar-refractivity contribution is 7.98. The van der Waals surface area contributed by atoms with Crippen LogP contribution < -0.4 is 5.32 Å². The van der Waals surface area contributed by atoms with Gasteiger partial charge in [0.05, 0.1) is 17.8 Å². The lowest BCUT2D eigenvalue weighted by Crippen LogP contribution is -2.19. The monoisotopic (exact) mass is 394 g/mol. The van der Waals surface area contributed by atoms with Gasteiger partial charge in [0.1, 0.15) is 12.7 Å². The molecule has 1 N–H and O–H groups in total. The summed E-state index contributed by atoms with van der Waals surface area (Å²) < 4.78 is 3.30. The summed E-state index contributed by atoms with van der Waals surface area (Å²) in [6.07, 6.45) is 5.14. The molecular formula is C18H18N8OS. The molecule has 0 spiro atoms. The molecule has 0 aliphatic heterocycles. The molecule has 0 atom stereocenters. The average Bonchev–Trinajstić information content (AvgIpc) is 3.35. The van der Waals surface area contributed by atoms with Gasteiger partial charge in [-0.15, -0.1) is 5.10 Å². The van der Waals surface area contributed by atoms with Gasteiger partial charge in [-0.3, -0.25) is 4.79 Å². The number of benzene rings is 1. The van der Waals surface area contributed by atoms with Gasteiger partial charge in [0.15, 0.2) is 0 Å². The number of para-hydroxylation sites is 2. The van der Waals surface area contributed by atoms with Crippen LogP contribution in [0.1, 0.15) is 17.0 Å². The first-order valence-corrected chi connectivity index (χ1v) is 9.80. The molecule has 0 saturated heterocycles. The van der Waals surface area contributed by atoms with E-state index in [2.05, 4.69) is 30.5 Å². The van der Waals surface area contributed by atoms with Gasteiger partial charge < -0.3 is 5.32 Å². The van der Waals surface area contributed by atoms with Gasteiger partial charge in [0.2, 0.25) is 11.1 Å². The second-order valence-corrected chi connectivity index (χ2v) is 6.93. The third-order valence-electron chi connectivity index (χ3n) is 4.39. The molecule has 0 aliphatic carbocycles. The Morgan fingerprint density at radius 3 is 2.79 bits per heavy atom. The lowest BCUT2D eigenvalue weighted by Gasteiger charge is -2.13. The van der Waals surface area contributed by atoms with Crippen LogP contribution in [0, 0.1) is 13.8 Å². The molecule has 142 valence electrons. The minimum absolute atomic E-state index is 0.148. The number of nitrogens with one attached hydrogen (secondary N) is 1. The Morgan fingerprint density at radius 1 is 1.21 bits per heavy atom. The Kier molecular flexibility index (Phi) is 4.78. The number of fused-ring (bicyclic) bond motifs is 1. The summed E-state index contributed by atoms with van der Waals surface area (Å²) in [6, 6.07) is 7.44. The van der Waals surface area contributed by atoms with E-state index in [1.807, 2.05) is 44.4 Å². The summed E-state index contributed by atoms with van der Waals surface area (Å²) in [6.45, 7) is 3.80. The highest BCUT2D eigenvalue weighted by Gasteiger charge is 2.17. The van der Waals surface area contributed by atoms with Crippen LogP contribution in [-0.4, -0.2) is 46.5 Å². The number of rotatable bonds is 5. The fraction of sp³-hybridized carbons (Fsp3) is 0.222. The Bertz CT molecular complexity index is 1150. The molecule has 0 saturated carbocycles. The molecule has 9 nitrogen and oxygen atoms in total. The molecule has 28 heavy (non-hydrogen) atoms. The van der Waals surface area contributed by atoms with Crippen molar-refractivity contribution < 1.29 is 4.79 Å². The average molecular weight is 394 g/mol. The van der Waals surface area contributed by atoms with Gasteiger partial charge in [0.25, 0.3) is 5.78 Å². The number of hydrogen-bond acceptors (Lipinski definition) is 7. The number of thioether (sulfide) groups is 1. The predicted octanol–water partition coefficient (Wildman–Crippen LogP) is 2.22. The lowest BCUT2D eigenvalue weighted by atomic mass is 10.1. The molecule has 3 aromatic heterocycles. The van der Waals surface area contributed by atoms with Gasteiger partial charge in [0, 0.05) is 17.0 Å². The molecule has 0 aliphatic rings. The van der Waals surface area contributed by atoms with Crippen LogP contribution >= 0.6 is 11.8 Å². The standard InChI is InChI=1S/C18H18N8OS/c1-11-13(12(2)26-17(21-11)23-18(24-26)28-3)8-16(27)22-14-6-4-5-7-15(14)25-10-19-9-20-25/h4-7,9-10H,8H2,1-3H3,(H,22,27). The van der Waals surface area contributed by atoms with Crippen LogP contribution in [0.15, 0.2) is 42.1 Å². The summed E-state index contributed by atoms with van der Waals surface area (Å²) in [5.41, 5.74) is 3.87. The maximum absolute atomic E-state index is 12.8.